The highest BCUT2D eigenvalue weighted by molar-refractivity contribution is 6.04. The first-order valence-electron chi connectivity index (χ1n) is 9.28. The number of carbonyl (C=O) groups excluding carboxylic acids is 1. The molecule has 0 unspecified atom stereocenters. The van der Waals surface area contributed by atoms with Gasteiger partial charge in [-0.15, -0.1) is 0 Å². The molecule has 1 amide bonds. The van der Waals surface area contributed by atoms with E-state index in [1.807, 2.05) is 36.4 Å². The van der Waals surface area contributed by atoms with E-state index < -0.39 is 0 Å². The lowest BCUT2D eigenvalue weighted by molar-refractivity contribution is 0.102. The Morgan fingerprint density at radius 3 is 2.35 bits per heavy atom. The Morgan fingerprint density at radius 2 is 1.77 bits per heavy atom. The normalized spacial score (nSPS) is 14.7. The lowest BCUT2D eigenvalue weighted by Crippen LogP contribution is -2.20. The van der Waals surface area contributed by atoms with Gasteiger partial charge in [0, 0.05) is 17.8 Å². The van der Waals surface area contributed by atoms with Crippen molar-refractivity contribution in [3.63, 3.8) is 0 Å². The Kier molecular flexibility index (Phi) is 6.03. The van der Waals surface area contributed by atoms with Crippen molar-refractivity contribution in [1.82, 2.24) is 5.32 Å². The number of anilines is 1. The first kappa shape index (κ1) is 18.2. The second-order valence-electron chi connectivity index (χ2n) is 6.46. The summed E-state index contributed by atoms with van der Waals surface area (Å²) < 4.78 is 0. The van der Waals surface area contributed by atoms with Crippen molar-refractivity contribution in [3.05, 3.63) is 77.4 Å². The first-order chi connectivity index (χ1) is 12.7. The van der Waals surface area contributed by atoms with Gasteiger partial charge in [0.15, 0.2) is 0 Å². The van der Waals surface area contributed by atoms with Crippen LogP contribution in [0.1, 0.15) is 48.2 Å². The minimum Gasteiger partial charge on any atom is -0.322 e. The molecule has 2 N–H and O–H groups in total. The zero-order valence-corrected chi connectivity index (χ0v) is 15.5. The molecule has 0 aromatic heterocycles. The molecular formula is C23H26N2O. The standard InChI is InChI=1S/C23H26N2O/c1-3-17(4-2)18-9-11-22(12-10-18)25-23(26)21-7-5-19(6-8-21)20-13-15-24-16-14-20/h3,5-13,24H,4,14-16H2,1-2H3,(H,25,26)/b17-3+. The van der Waals surface area contributed by atoms with Crippen LogP contribution in [0.4, 0.5) is 5.69 Å². The molecule has 2 aromatic carbocycles. The van der Waals surface area contributed by atoms with Crippen molar-refractivity contribution in [2.75, 3.05) is 18.4 Å². The molecule has 0 saturated carbocycles. The molecule has 0 spiro atoms. The Bertz CT molecular complexity index is 814. The van der Waals surface area contributed by atoms with E-state index in [1.54, 1.807) is 0 Å². The van der Waals surface area contributed by atoms with Gasteiger partial charge in [-0.25, -0.2) is 0 Å². The lowest BCUT2D eigenvalue weighted by Gasteiger charge is -2.14. The van der Waals surface area contributed by atoms with Crippen molar-refractivity contribution in [1.29, 1.82) is 0 Å². The van der Waals surface area contributed by atoms with Crippen molar-refractivity contribution in [2.45, 2.75) is 26.7 Å². The number of hydrogen-bond donors (Lipinski definition) is 2. The topological polar surface area (TPSA) is 41.1 Å². The second kappa shape index (κ2) is 8.63. The van der Waals surface area contributed by atoms with Gasteiger partial charge in [-0.1, -0.05) is 43.3 Å². The fraction of sp³-hybridized carbons (Fsp3) is 0.261. The van der Waals surface area contributed by atoms with E-state index in [9.17, 15) is 4.79 Å². The smallest absolute Gasteiger partial charge is 0.255 e. The van der Waals surface area contributed by atoms with Gasteiger partial charge in [-0.2, -0.15) is 0 Å². The minimum absolute atomic E-state index is 0.0784. The van der Waals surface area contributed by atoms with Crippen LogP contribution < -0.4 is 10.6 Å². The Balaban J connectivity index is 1.67. The van der Waals surface area contributed by atoms with Crippen molar-refractivity contribution < 1.29 is 4.79 Å². The molecule has 0 saturated heterocycles. The van der Waals surface area contributed by atoms with Crippen molar-refractivity contribution in [2.24, 2.45) is 0 Å². The molecular weight excluding hydrogens is 320 g/mol. The van der Waals surface area contributed by atoms with Crippen LogP contribution in [0.25, 0.3) is 11.1 Å². The summed E-state index contributed by atoms with van der Waals surface area (Å²) >= 11 is 0. The molecule has 0 bridgehead atoms. The van der Waals surface area contributed by atoms with Crippen LogP contribution >= 0.6 is 0 Å². The van der Waals surface area contributed by atoms with Gasteiger partial charge in [-0.05, 0) is 72.8 Å². The molecule has 26 heavy (non-hydrogen) atoms. The fourth-order valence-corrected chi connectivity index (χ4v) is 3.27. The van der Waals surface area contributed by atoms with Crippen molar-refractivity contribution >= 4 is 22.7 Å². The molecule has 1 aliphatic rings. The average molecular weight is 346 g/mol. The van der Waals surface area contributed by atoms with Gasteiger partial charge >= 0.3 is 0 Å². The third kappa shape index (κ3) is 4.30. The summed E-state index contributed by atoms with van der Waals surface area (Å²) in [7, 11) is 0. The van der Waals surface area contributed by atoms with Gasteiger partial charge in [0.25, 0.3) is 5.91 Å². The predicted octanol–water partition coefficient (Wildman–Crippen LogP) is 5.13. The highest BCUT2D eigenvalue weighted by atomic mass is 16.1. The number of hydrogen-bond acceptors (Lipinski definition) is 2. The van der Waals surface area contributed by atoms with Crippen molar-refractivity contribution in [3.8, 4) is 0 Å². The highest BCUT2D eigenvalue weighted by Gasteiger charge is 2.09. The van der Waals surface area contributed by atoms with E-state index in [0.717, 1.165) is 31.6 Å². The maximum atomic E-state index is 12.5. The molecule has 0 atom stereocenters. The van der Waals surface area contributed by atoms with E-state index in [-0.39, 0.29) is 5.91 Å². The monoisotopic (exact) mass is 346 g/mol. The summed E-state index contributed by atoms with van der Waals surface area (Å²) in [6.07, 6.45) is 6.38. The zero-order chi connectivity index (χ0) is 18.4. The van der Waals surface area contributed by atoms with Crippen LogP contribution in [-0.4, -0.2) is 19.0 Å². The largest absolute Gasteiger partial charge is 0.322 e. The minimum atomic E-state index is -0.0784. The van der Waals surface area contributed by atoms with Gasteiger partial charge in [0.05, 0.1) is 0 Å². The third-order valence-corrected chi connectivity index (χ3v) is 4.82. The predicted molar refractivity (Wildman–Crippen MR) is 110 cm³/mol. The van der Waals surface area contributed by atoms with Crippen LogP contribution in [-0.2, 0) is 0 Å². The van der Waals surface area contributed by atoms with Gasteiger partial charge < -0.3 is 10.6 Å². The third-order valence-electron chi connectivity index (χ3n) is 4.82. The Labute approximate surface area is 155 Å². The van der Waals surface area contributed by atoms with E-state index >= 15 is 0 Å². The Hall–Kier alpha value is -2.65. The summed E-state index contributed by atoms with van der Waals surface area (Å²) in [4.78, 5) is 12.5. The number of amides is 1. The molecule has 3 rings (SSSR count). The van der Waals surface area contributed by atoms with Crippen LogP contribution in [0.5, 0.6) is 0 Å². The van der Waals surface area contributed by atoms with Gasteiger partial charge in [0.1, 0.15) is 0 Å². The SMILES string of the molecule is C/C=C(\CC)c1ccc(NC(=O)c2ccc(C3=CCNCC3)cc2)cc1. The lowest BCUT2D eigenvalue weighted by atomic mass is 9.99. The highest BCUT2D eigenvalue weighted by Crippen LogP contribution is 2.22. The number of nitrogens with one attached hydrogen (secondary N) is 2. The molecule has 0 aliphatic carbocycles. The number of allylic oxidation sites excluding steroid dienone is 2. The molecule has 2 aromatic rings. The van der Waals surface area contributed by atoms with Crippen LogP contribution in [0.2, 0.25) is 0 Å². The Morgan fingerprint density at radius 1 is 1.08 bits per heavy atom. The molecule has 0 fully saturated rings. The van der Waals surface area contributed by atoms with E-state index in [1.165, 1.54) is 22.3 Å². The summed E-state index contributed by atoms with van der Waals surface area (Å²) in [5, 5.41) is 6.29. The molecule has 134 valence electrons. The number of benzene rings is 2. The van der Waals surface area contributed by atoms with E-state index in [0.29, 0.717) is 5.56 Å². The van der Waals surface area contributed by atoms with E-state index in [2.05, 4.69) is 48.8 Å². The zero-order valence-electron chi connectivity index (χ0n) is 15.5. The molecule has 3 nitrogen and oxygen atoms in total. The van der Waals surface area contributed by atoms with Crippen LogP contribution in [0.15, 0.2) is 60.7 Å². The number of carbonyl (C=O) groups is 1. The van der Waals surface area contributed by atoms with Gasteiger partial charge in [-0.3, -0.25) is 4.79 Å². The maximum absolute atomic E-state index is 12.5. The summed E-state index contributed by atoms with van der Waals surface area (Å²) in [6.45, 7) is 6.13. The summed E-state index contributed by atoms with van der Waals surface area (Å²) in [6, 6.07) is 15.9. The van der Waals surface area contributed by atoms with Crippen LogP contribution in [0, 0.1) is 0 Å². The molecule has 1 aliphatic heterocycles. The van der Waals surface area contributed by atoms with Gasteiger partial charge in [0.2, 0.25) is 0 Å². The van der Waals surface area contributed by atoms with Crippen LogP contribution in [0.3, 0.4) is 0 Å². The first-order valence-corrected chi connectivity index (χ1v) is 9.28. The number of rotatable bonds is 5. The maximum Gasteiger partial charge on any atom is 0.255 e. The fourth-order valence-electron chi connectivity index (χ4n) is 3.27. The summed E-state index contributed by atoms with van der Waals surface area (Å²) in [5.74, 6) is -0.0784. The molecule has 3 heteroatoms. The molecule has 1 heterocycles. The second-order valence-corrected chi connectivity index (χ2v) is 6.46. The van der Waals surface area contributed by atoms with E-state index in [4.69, 9.17) is 0 Å². The molecule has 0 radical (unpaired) electrons. The quantitative estimate of drug-likeness (QED) is 0.788. The average Bonchev–Trinajstić information content (AvgIpc) is 2.71. The summed E-state index contributed by atoms with van der Waals surface area (Å²) in [5.41, 5.74) is 6.55.